The molecule has 120 valence electrons. The van der Waals surface area contributed by atoms with E-state index in [4.69, 9.17) is 20.7 Å². The fourth-order valence-electron chi connectivity index (χ4n) is 3.70. The molecule has 0 aromatic heterocycles. The van der Waals surface area contributed by atoms with Crippen LogP contribution in [0.3, 0.4) is 0 Å². The van der Waals surface area contributed by atoms with E-state index in [0.717, 1.165) is 12.8 Å². The first-order chi connectivity index (χ1) is 9.76. The van der Waals surface area contributed by atoms with E-state index >= 15 is 0 Å². The van der Waals surface area contributed by atoms with Gasteiger partial charge in [0.25, 0.3) is 0 Å². The number of nitrogens with two attached hydrogens (primary N) is 1. The lowest BCUT2D eigenvalue weighted by Crippen LogP contribution is -2.82. The molecule has 2 aliphatic rings. The Kier molecular flexibility index (Phi) is 4.28. The molecule has 1 saturated carbocycles. The van der Waals surface area contributed by atoms with Crippen LogP contribution >= 0.6 is 0 Å². The molecule has 0 bridgehead atoms. The highest BCUT2D eigenvalue weighted by atomic mass is 16.5. The molecule has 21 heavy (non-hydrogen) atoms. The highest BCUT2D eigenvalue weighted by Crippen LogP contribution is 2.57. The third kappa shape index (κ3) is 2.33. The summed E-state index contributed by atoms with van der Waals surface area (Å²) in [7, 11) is 0. The number of nitrogens with one attached hydrogen (secondary N) is 1. The van der Waals surface area contributed by atoms with Gasteiger partial charge < -0.3 is 26.0 Å². The predicted octanol–water partition coefficient (Wildman–Crippen LogP) is -0.529. The third-order valence-corrected chi connectivity index (χ3v) is 5.08. The summed E-state index contributed by atoms with van der Waals surface area (Å²) in [6.07, 6.45) is 1.54. The fourth-order valence-corrected chi connectivity index (χ4v) is 3.70. The van der Waals surface area contributed by atoms with Gasteiger partial charge in [0.1, 0.15) is 11.6 Å². The maximum absolute atomic E-state index is 12.6. The number of amides is 1. The van der Waals surface area contributed by atoms with E-state index in [1.807, 2.05) is 13.8 Å². The van der Waals surface area contributed by atoms with Crippen molar-refractivity contribution in [1.29, 1.82) is 0 Å². The van der Waals surface area contributed by atoms with Crippen LogP contribution in [-0.2, 0) is 14.3 Å². The third-order valence-electron chi connectivity index (χ3n) is 5.08. The minimum atomic E-state index is -1.17. The molecule has 4 unspecified atom stereocenters. The predicted molar refractivity (Wildman–Crippen MR) is 74.4 cm³/mol. The summed E-state index contributed by atoms with van der Waals surface area (Å²) in [5, 5.41) is 20.4. The molecule has 0 radical (unpaired) electrons. The Balaban J connectivity index is 2.15. The van der Waals surface area contributed by atoms with E-state index < -0.39 is 28.9 Å². The quantitative estimate of drug-likeness (QED) is 0.541. The number of hydrogen-bond donors (Lipinski definition) is 4. The minimum absolute atomic E-state index is 0.0395. The molecule has 0 spiro atoms. The zero-order chi connectivity index (χ0) is 15.8. The molecule has 1 aliphatic carbocycles. The largest absolute Gasteiger partial charge is 0.480 e. The Labute approximate surface area is 123 Å². The van der Waals surface area contributed by atoms with Crippen LogP contribution in [0.4, 0.5) is 0 Å². The fraction of sp³-hybridized carbons (Fsp3) is 0.857. The number of rotatable bonds is 5. The lowest BCUT2D eigenvalue weighted by Gasteiger charge is -2.65. The van der Waals surface area contributed by atoms with Crippen molar-refractivity contribution in [2.24, 2.45) is 17.1 Å². The molecule has 1 saturated heterocycles. The molecule has 7 nitrogen and oxygen atoms in total. The normalized spacial score (nSPS) is 35.2. The van der Waals surface area contributed by atoms with E-state index in [9.17, 15) is 9.59 Å². The molecule has 2 rings (SSSR count). The number of fused-ring (bicyclic) bond motifs is 1. The van der Waals surface area contributed by atoms with Gasteiger partial charge >= 0.3 is 5.97 Å². The second kappa shape index (κ2) is 5.55. The first-order valence-corrected chi connectivity index (χ1v) is 7.32. The molecule has 1 aliphatic heterocycles. The summed E-state index contributed by atoms with van der Waals surface area (Å²) in [6.45, 7) is 4.11. The van der Waals surface area contributed by atoms with Crippen molar-refractivity contribution in [3.05, 3.63) is 0 Å². The van der Waals surface area contributed by atoms with E-state index in [0.29, 0.717) is 6.61 Å². The first kappa shape index (κ1) is 16.2. The number of carboxylic acid groups (broad SMARTS) is 1. The number of carbonyl (C=O) groups is 2. The van der Waals surface area contributed by atoms with Gasteiger partial charge in [0.2, 0.25) is 5.91 Å². The van der Waals surface area contributed by atoms with E-state index in [1.54, 1.807) is 0 Å². The van der Waals surface area contributed by atoms with Crippen LogP contribution in [0.2, 0.25) is 0 Å². The summed E-state index contributed by atoms with van der Waals surface area (Å²) in [5.74, 6) is -1.74. The SMILES string of the molecule is CC1(C)C2OCCCC2C1(N)C(=O)NC(CCO)C(=O)O. The van der Waals surface area contributed by atoms with E-state index in [1.165, 1.54) is 0 Å². The van der Waals surface area contributed by atoms with Gasteiger partial charge in [0.05, 0.1) is 6.10 Å². The Bertz CT molecular complexity index is 439. The average Bonchev–Trinajstić information content (AvgIpc) is 2.45. The van der Waals surface area contributed by atoms with Crippen LogP contribution in [0.5, 0.6) is 0 Å². The van der Waals surface area contributed by atoms with Gasteiger partial charge in [0.15, 0.2) is 0 Å². The number of aliphatic carboxylic acids is 1. The molecule has 5 N–H and O–H groups in total. The number of carboxylic acids is 1. The van der Waals surface area contributed by atoms with Gasteiger partial charge in [-0.2, -0.15) is 0 Å². The second-order valence-corrected chi connectivity index (χ2v) is 6.51. The van der Waals surface area contributed by atoms with Gasteiger partial charge in [-0.25, -0.2) is 4.79 Å². The number of carbonyl (C=O) groups excluding carboxylic acids is 1. The summed E-state index contributed by atoms with van der Waals surface area (Å²) in [6, 6.07) is -1.12. The Morgan fingerprint density at radius 2 is 2.14 bits per heavy atom. The van der Waals surface area contributed by atoms with Crippen molar-refractivity contribution in [2.75, 3.05) is 13.2 Å². The van der Waals surface area contributed by atoms with Crippen LogP contribution in [0.25, 0.3) is 0 Å². The van der Waals surface area contributed by atoms with Crippen molar-refractivity contribution < 1.29 is 24.5 Å². The van der Waals surface area contributed by atoms with Crippen molar-refractivity contribution in [3.8, 4) is 0 Å². The van der Waals surface area contributed by atoms with Crippen LogP contribution in [0.15, 0.2) is 0 Å². The zero-order valence-corrected chi connectivity index (χ0v) is 12.5. The smallest absolute Gasteiger partial charge is 0.326 e. The molecule has 7 heteroatoms. The number of ether oxygens (including phenoxy) is 1. The van der Waals surface area contributed by atoms with Crippen LogP contribution in [0, 0.1) is 11.3 Å². The van der Waals surface area contributed by atoms with Gasteiger partial charge in [-0.1, -0.05) is 13.8 Å². The van der Waals surface area contributed by atoms with E-state index in [-0.39, 0.29) is 25.0 Å². The topological polar surface area (TPSA) is 122 Å². The Morgan fingerprint density at radius 3 is 2.71 bits per heavy atom. The first-order valence-electron chi connectivity index (χ1n) is 7.32. The standard InChI is InChI=1S/C14H24N2O5/c1-13(2)10-8(4-3-7-21-10)14(13,15)12(20)16-9(5-6-17)11(18)19/h8-10,17H,3-7,15H2,1-2H3,(H,16,20)(H,18,19). The summed E-state index contributed by atoms with van der Waals surface area (Å²) in [5.41, 5.74) is 4.69. The van der Waals surface area contributed by atoms with Crippen molar-refractivity contribution in [2.45, 2.75) is 50.8 Å². The highest BCUT2D eigenvalue weighted by molar-refractivity contribution is 5.92. The van der Waals surface area contributed by atoms with Crippen molar-refractivity contribution in [1.82, 2.24) is 5.32 Å². The number of aliphatic hydroxyl groups excluding tert-OH is 1. The maximum Gasteiger partial charge on any atom is 0.326 e. The lowest BCUT2D eigenvalue weighted by molar-refractivity contribution is -0.225. The molecule has 1 amide bonds. The Morgan fingerprint density at radius 1 is 1.48 bits per heavy atom. The number of hydrogen-bond acceptors (Lipinski definition) is 5. The van der Waals surface area contributed by atoms with Gasteiger partial charge in [-0.15, -0.1) is 0 Å². The molecular formula is C14H24N2O5. The van der Waals surface area contributed by atoms with Crippen LogP contribution in [-0.4, -0.2) is 53.0 Å². The summed E-state index contributed by atoms with van der Waals surface area (Å²) < 4.78 is 5.72. The van der Waals surface area contributed by atoms with Crippen LogP contribution in [0.1, 0.15) is 33.1 Å². The zero-order valence-electron chi connectivity index (χ0n) is 12.5. The highest BCUT2D eigenvalue weighted by Gasteiger charge is 2.70. The van der Waals surface area contributed by atoms with Gasteiger partial charge in [-0.05, 0) is 12.8 Å². The van der Waals surface area contributed by atoms with E-state index in [2.05, 4.69) is 5.32 Å². The maximum atomic E-state index is 12.6. The monoisotopic (exact) mass is 300 g/mol. The van der Waals surface area contributed by atoms with Gasteiger partial charge in [0, 0.05) is 31.0 Å². The number of aliphatic hydroxyl groups is 1. The van der Waals surface area contributed by atoms with Crippen molar-refractivity contribution >= 4 is 11.9 Å². The molecule has 0 aromatic carbocycles. The van der Waals surface area contributed by atoms with Crippen LogP contribution < -0.4 is 11.1 Å². The molecule has 2 fully saturated rings. The lowest BCUT2D eigenvalue weighted by atomic mass is 9.46. The van der Waals surface area contributed by atoms with Gasteiger partial charge in [-0.3, -0.25) is 4.79 Å². The van der Waals surface area contributed by atoms with Crippen molar-refractivity contribution in [3.63, 3.8) is 0 Å². The molecule has 0 aromatic rings. The summed E-state index contributed by atoms with van der Waals surface area (Å²) in [4.78, 5) is 23.7. The molecular weight excluding hydrogens is 276 g/mol. The second-order valence-electron chi connectivity index (χ2n) is 6.51. The summed E-state index contributed by atoms with van der Waals surface area (Å²) >= 11 is 0. The average molecular weight is 300 g/mol. The minimum Gasteiger partial charge on any atom is -0.480 e. The molecule has 4 atom stereocenters. The Hall–Kier alpha value is -1.18. The molecule has 1 heterocycles.